The lowest BCUT2D eigenvalue weighted by atomic mass is 9.98. The van der Waals surface area contributed by atoms with E-state index in [0.29, 0.717) is 32.2 Å². The van der Waals surface area contributed by atoms with Crippen LogP contribution in [0.2, 0.25) is 0 Å². The normalized spacial score (nSPS) is 19.9. The number of hydrogen-bond acceptors (Lipinski definition) is 3. The number of ether oxygens (including phenoxy) is 3. The average molecular weight is 230 g/mol. The van der Waals surface area contributed by atoms with Gasteiger partial charge in [0.15, 0.2) is 0 Å². The van der Waals surface area contributed by atoms with Crippen molar-refractivity contribution < 1.29 is 14.2 Å². The van der Waals surface area contributed by atoms with Gasteiger partial charge in [0.05, 0.1) is 25.4 Å². The van der Waals surface area contributed by atoms with Gasteiger partial charge in [0.1, 0.15) is 6.79 Å². The van der Waals surface area contributed by atoms with E-state index in [1.807, 2.05) is 0 Å². The Balaban J connectivity index is 1.84. The minimum atomic E-state index is 0.336. The molecule has 0 aromatic carbocycles. The van der Waals surface area contributed by atoms with Crippen LogP contribution in [0, 0.1) is 0 Å². The highest BCUT2D eigenvalue weighted by atomic mass is 16.7. The summed E-state index contributed by atoms with van der Waals surface area (Å²) in [6.07, 6.45) is 8.21. The van der Waals surface area contributed by atoms with Gasteiger partial charge in [0.2, 0.25) is 0 Å². The fraction of sp³-hybridized carbons (Fsp3) is 1.00. The van der Waals surface area contributed by atoms with Crippen molar-refractivity contribution in [2.75, 3.05) is 20.0 Å². The molecule has 0 N–H and O–H groups in total. The summed E-state index contributed by atoms with van der Waals surface area (Å²) in [6.45, 7) is 5.94. The molecule has 1 aliphatic rings. The van der Waals surface area contributed by atoms with Crippen LogP contribution in [-0.2, 0) is 14.2 Å². The smallest absolute Gasteiger partial charge is 0.147 e. The lowest BCUT2D eigenvalue weighted by Gasteiger charge is -2.21. The van der Waals surface area contributed by atoms with Gasteiger partial charge in [-0.15, -0.1) is 0 Å². The molecule has 16 heavy (non-hydrogen) atoms. The second kappa shape index (κ2) is 8.97. The van der Waals surface area contributed by atoms with Gasteiger partial charge in [0, 0.05) is 0 Å². The van der Waals surface area contributed by atoms with Crippen LogP contribution < -0.4 is 0 Å². The van der Waals surface area contributed by atoms with Gasteiger partial charge < -0.3 is 14.2 Å². The molecule has 1 unspecified atom stereocenters. The van der Waals surface area contributed by atoms with Crippen molar-refractivity contribution in [2.24, 2.45) is 0 Å². The molecule has 0 aromatic heterocycles. The Morgan fingerprint density at radius 3 is 2.56 bits per heavy atom. The molecule has 3 heteroatoms. The SMILES string of the molecule is CCC(C)OCCOCOC1CCCCC1. The second-order valence-electron chi connectivity index (χ2n) is 4.54. The summed E-state index contributed by atoms with van der Waals surface area (Å²) in [5.41, 5.74) is 0. The maximum absolute atomic E-state index is 5.64. The Morgan fingerprint density at radius 1 is 1.12 bits per heavy atom. The fourth-order valence-electron chi connectivity index (χ4n) is 1.86. The maximum atomic E-state index is 5.64. The van der Waals surface area contributed by atoms with Crippen LogP contribution in [0.1, 0.15) is 52.4 Å². The molecule has 0 bridgehead atoms. The Hall–Kier alpha value is -0.120. The highest BCUT2D eigenvalue weighted by Gasteiger charge is 2.13. The lowest BCUT2D eigenvalue weighted by molar-refractivity contribution is -0.111. The molecule has 1 fully saturated rings. The van der Waals surface area contributed by atoms with E-state index in [1.165, 1.54) is 32.1 Å². The van der Waals surface area contributed by atoms with Gasteiger partial charge in [-0.1, -0.05) is 26.2 Å². The predicted octanol–water partition coefficient (Wildman–Crippen LogP) is 3.12. The summed E-state index contributed by atoms with van der Waals surface area (Å²) in [5.74, 6) is 0. The van der Waals surface area contributed by atoms with Crippen molar-refractivity contribution in [3.8, 4) is 0 Å². The molecule has 0 radical (unpaired) electrons. The first-order valence-corrected chi connectivity index (χ1v) is 6.64. The summed E-state index contributed by atoms with van der Waals surface area (Å²) in [4.78, 5) is 0. The lowest BCUT2D eigenvalue weighted by Crippen LogP contribution is -2.19. The molecule has 1 rings (SSSR count). The van der Waals surface area contributed by atoms with E-state index >= 15 is 0 Å². The minimum absolute atomic E-state index is 0.336. The third kappa shape index (κ3) is 6.46. The van der Waals surface area contributed by atoms with E-state index in [9.17, 15) is 0 Å². The van der Waals surface area contributed by atoms with Crippen LogP contribution in [0.5, 0.6) is 0 Å². The fourth-order valence-corrected chi connectivity index (χ4v) is 1.86. The molecule has 1 saturated carbocycles. The van der Waals surface area contributed by atoms with Crippen molar-refractivity contribution in [3.63, 3.8) is 0 Å². The third-order valence-electron chi connectivity index (χ3n) is 3.14. The van der Waals surface area contributed by atoms with Crippen molar-refractivity contribution in [2.45, 2.75) is 64.6 Å². The zero-order valence-electron chi connectivity index (χ0n) is 10.7. The highest BCUT2D eigenvalue weighted by molar-refractivity contribution is 4.64. The highest BCUT2D eigenvalue weighted by Crippen LogP contribution is 2.19. The second-order valence-corrected chi connectivity index (χ2v) is 4.54. The predicted molar refractivity (Wildman–Crippen MR) is 64.5 cm³/mol. The Morgan fingerprint density at radius 2 is 1.88 bits per heavy atom. The van der Waals surface area contributed by atoms with Crippen LogP contribution in [0.3, 0.4) is 0 Å². The third-order valence-corrected chi connectivity index (χ3v) is 3.14. The standard InChI is InChI=1S/C13H26O3/c1-3-12(2)15-10-9-14-11-16-13-7-5-4-6-8-13/h12-13H,3-11H2,1-2H3. The van der Waals surface area contributed by atoms with Crippen LogP contribution in [0.4, 0.5) is 0 Å². The summed E-state index contributed by atoms with van der Waals surface area (Å²) in [5, 5.41) is 0. The Labute approximate surface area is 99.5 Å². The van der Waals surface area contributed by atoms with Crippen LogP contribution in [-0.4, -0.2) is 32.2 Å². The average Bonchev–Trinajstić information content (AvgIpc) is 2.34. The van der Waals surface area contributed by atoms with E-state index in [2.05, 4.69) is 13.8 Å². The molecule has 0 heterocycles. The summed E-state index contributed by atoms with van der Waals surface area (Å²) >= 11 is 0. The van der Waals surface area contributed by atoms with Crippen LogP contribution >= 0.6 is 0 Å². The molecule has 0 aliphatic heterocycles. The molecule has 1 atom stereocenters. The van der Waals surface area contributed by atoms with E-state index < -0.39 is 0 Å². The molecular weight excluding hydrogens is 204 g/mol. The zero-order chi connectivity index (χ0) is 11.6. The Bertz CT molecular complexity index is 155. The molecular formula is C13H26O3. The van der Waals surface area contributed by atoms with Crippen LogP contribution in [0.25, 0.3) is 0 Å². The van der Waals surface area contributed by atoms with Gasteiger partial charge in [-0.2, -0.15) is 0 Å². The van der Waals surface area contributed by atoms with Crippen LogP contribution in [0.15, 0.2) is 0 Å². The van der Waals surface area contributed by atoms with Gasteiger partial charge in [-0.05, 0) is 26.2 Å². The molecule has 0 amide bonds. The first-order valence-electron chi connectivity index (χ1n) is 6.64. The van der Waals surface area contributed by atoms with Gasteiger partial charge in [-0.3, -0.25) is 0 Å². The number of hydrogen-bond donors (Lipinski definition) is 0. The monoisotopic (exact) mass is 230 g/mol. The summed E-state index contributed by atoms with van der Waals surface area (Å²) in [7, 11) is 0. The molecule has 3 nitrogen and oxygen atoms in total. The van der Waals surface area contributed by atoms with E-state index in [-0.39, 0.29) is 0 Å². The minimum Gasteiger partial charge on any atom is -0.376 e. The van der Waals surface area contributed by atoms with E-state index in [4.69, 9.17) is 14.2 Å². The largest absolute Gasteiger partial charge is 0.376 e. The van der Waals surface area contributed by atoms with E-state index in [1.54, 1.807) is 0 Å². The van der Waals surface area contributed by atoms with Gasteiger partial charge >= 0.3 is 0 Å². The van der Waals surface area contributed by atoms with Crippen molar-refractivity contribution in [1.82, 2.24) is 0 Å². The first kappa shape index (κ1) is 13.9. The molecule has 0 spiro atoms. The molecule has 0 saturated heterocycles. The Kier molecular flexibility index (Phi) is 7.81. The van der Waals surface area contributed by atoms with Crippen molar-refractivity contribution in [3.05, 3.63) is 0 Å². The van der Waals surface area contributed by atoms with Crippen molar-refractivity contribution >= 4 is 0 Å². The molecule has 1 aliphatic carbocycles. The zero-order valence-corrected chi connectivity index (χ0v) is 10.7. The summed E-state index contributed by atoms with van der Waals surface area (Å²) in [6, 6.07) is 0. The number of rotatable bonds is 8. The van der Waals surface area contributed by atoms with Crippen molar-refractivity contribution in [1.29, 1.82) is 0 Å². The maximum Gasteiger partial charge on any atom is 0.147 e. The molecule has 96 valence electrons. The quantitative estimate of drug-likeness (QED) is 0.473. The van der Waals surface area contributed by atoms with E-state index in [0.717, 1.165) is 6.42 Å². The van der Waals surface area contributed by atoms with Gasteiger partial charge in [0.25, 0.3) is 0 Å². The van der Waals surface area contributed by atoms with Gasteiger partial charge in [-0.25, -0.2) is 0 Å². The molecule has 0 aromatic rings. The topological polar surface area (TPSA) is 27.7 Å². The summed E-state index contributed by atoms with van der Waals surface area (Å²) < 4.78 is 16.5. The first-order chi connectivity index (χ1) is 7.83.